The number of rotatable bonds is 11. The van der Waals surface area contributed by atoms with E-state index in [9.17, 15) is 14.7 Å². The van der Waals surface area contributed by atoms with Crippen molar-refractivity contribution in [2.75, 3.05) is 0 Å². The zero-order valence-corrected chi connectivity index (χ0v) is 19.5. The van der Waals surface area contributed by atoms with Crippen molar-refractivity contribution in [1.29, 1.82) is 0 Å². The molecule has 0 bridgehead atoms. The minimum absolute atomic E-state index is 0.0243. The lowest BCUT2D eigenvalue weighted by molar-refractivity contribution is -0.115. The molecule has 0 saturated carbocycles. The lowest BCUT2D eigenvalue weighted by atomic mass is 9.94. The quantitative estimate of drug-likeness (QED) is 0.312. The largest absolute Gasteiger partial charge is 0.388 e. The Morgan fingerprint density at radius 2 is 1.50 bits per heavy atom. The van der Waals surface area contributed by atoms with Crippen LogP contribution in [0.25, 0.3) is 0 Å². The van der Waals surface area contributed by atoms with E-state index in [4.69, 9.17) is 0 Å². The van der Waals surface area contributed by atoms with Crippen LogP contribution in [0.15, 0.2) is 69.9 Å². The first-order chi connectivity index (χ1) is 14.1. The maximum Gasteiger partial charge on any atom is 0.185 e. The van der Waals surface area contributed by atoms with E-state index in [0.717, 1.165) is 31.3 Å². The average molecular weight is 411 g/mol. The highest BCUT2D eigenvalue weighted by molar-refractivity contribution is 6.20. The molecule has 0 aromatic heterocycles. The van der Waals surface area contributed by atoms with Crippen molar-refractivity contribution in [1.82, 2.24) is 0 Å². The van der Waals surface area contributed by atoms with E-state index in [2.05, 4.69) is 38.2 Å². The summed E-state index contributed by atoms with van der Waals surface area (Å²) in [7, 11) is 0. The van der Waals surface area contributed by atoms with Crippen LogP contribution in [0, 0.1) is 0 Å². The van der Waals surface area contributed by atoms with Crippen LogP contribution in [-0.4, -0.2) is 22.8 Å². The summed E-state index contributed by atoms with van der Waals surface area (Å²) in [5.74, 6) is -0.121. The molecule has 0 saturated heterocycles. The number of ketones is 2. The predicted molar refractivity (Wildman–Crippen MR) is 126 cm³/mol. The van der Waals surface area contributed by atoms with Crippen LogP contribution in [0.3, 0.4) is 0 Å². The SMILES string of the molecule is CC(C)=CCC(O)C(C)=CCCC(C)=CCCC(C)=CCC1=CC(=O)C=C(C)C1=O. The Morgan fingerprint density at radius 3 is 2.13 bits per heavy atom. The number of carbonyl (C=O) groups is 2. The van der Waals surface area contributed by atoms with Crippen LogP contribution in [0.5, 0.6) is 0 Å². The first kappa shape index (κ1) is 25.8. The molecule has 0 aliphatic heterocycles. The normalized spacial score (nSPS) is 17.0. The molecule has 1 aliphatic carbocycles. The third kappa shape index (κ3) is 9.98. The van der Waals surface area contributed by atoms with Gasteiger partial charge in [-0.2, -0.15) is 0 Å². The smallest absolute Gasteiger partial charge is 0.185 e. The summed E-state index contributed by atoms with van der Waals surface area (Å²) in [6.45, 7) is 12.0. The van der Waals surface area contributed by atoms with E-state index in [0.29, 0.717) is 24.0 Å². The van der Waals surface area contributed by atoms with E-state index < -0.39 is 6.10 Å². The number of aliphatic hydroxyl groups is 1. The number of hydrogen-bond acceptors (Lipinski definition) is 3. The van der Waals surface area contributed by atoms with Crippen molar-refractivity contribution in [3.8, 4) is 0 Å². The van der Waals surface area contributed by atoms with Crippen molar-refractivity contribution < 1.29 is 14.7 Å². The molecule has 0 amide bonds. The van der Waals surface area contributed by atoms with Gasteiger partial charge >= 0.3 is 0 Å². The van der Waals surface area contributed by atoms with E-state index in [-0.39, 0.29) is 11.6 Å². The summed E-state index contributed by atoms with van der Waals surface area (Å²) in [6.07, 6.45) is 16.0. The zero-order chi connectivity index (χ0) is 22.7. The van der Waals surface area contributed by atoms with Gasteiger partial charge in [0.1, 0.15) is 0 Å². The van der Waals surface area contributed by atoms with Crippen LogP contribution in [0.1, 0.15) is 80.1 Å². The minimum atomic E-state index is -0.391. The molecule has 1 aliphatic rings. The van der Waals surface area contributed by atoms with Gasteiger partial charge in [0, 0.05) is 11.1 Å². The molecule has 1 N–H and O–H groups in total. The second-order valence-corrected chi connectivity index (χ2v) is 8.59. The molecule has 1 unspecified atom stereocenters. The van der Waals surface area contributed by atoms with Crippen LogP contribution >= 0.6 is 0 Å². The lowest BCUT2D eigenvalue weighted by Gasteiger charge is -2.09. The number of Topliss-reactive ketones (excluding diaryl/α,β-unsaturated/α-hetero) is 1. The van der Waals surface area contributed by atoms with Crippen LogP contribution in [0.2, 0.25) is 0 Å². The summed E-state index contributed by atoms with van der Waals surface area (Å²) < 4.78 is 0. The predicted octanol–water partition coefficient (Wildman–Crippen LogP) is 6.52. The Kier molecular flexibility index (Phi) is 11.3. The van der Waals surface area contributed by atoms with Gasteiger partial charge in [0.05, 0.1) is 6.10 Å². The summed E-state index contributed by atoms with van der Waals surface area (Å²) in [5, 5.41) is 10.1. The number of hydrogen-bond donors (Lipinski definition) is 1. The van der Waals surface area contributed by atoms with Crippen molar-refractivity contribution in [3.63, 3.8) is 0 Å². The van der Waals surface area contributed by atoms with Crippen molar-refractivity contribution >= 4 is 11.6 Å². The van der Waals surface area contributed by atoms with E-state index in [1.165, 1.54) is 28.9 Å². The molecule has 30 heavy (non-hydrogen) atoms. The highest BCUT2D eigenvalue weighted by atomic mass is 16.3. The monoisotopic (exact) mass is 410 g/mol. The number of allylic oxidation sites excluding steroid dienone is 10. The second kappa shape index (κ2) is 13.1. The van der Waals surface area contributed by atoms with E-state index in [1.54, 1.807) is 6.92 Å². The third-order valence-corrected chi connectivity index (χ3v) is 5.31. The van der Waals surface area contributed by atoms with Crippen molar-refractivity contribution in [2.45, 2.75) is 86.2 Å². The fourth-order valence-electron chi connectivity index (χ4n) is 3.19. The third-order valence-electron chi connectivity index (χ3n) is 5.31. The first-order valence-electron chi connectivity index (χ1n) is 10.9. The highest BCUT2D eigenvalue weighted by Gasteiger charge is 2.17. The molecule has 0 aromatic carbocycles. The molecule has 0 fully saturated rings. The Labute approximate surface area is 182 Å². The van der Waals surface area contributed by atoms with Gasteiger partial charge in [-0.1, -0.05) is 41.0 Å². The summed E-state index contributed by atoms with van der Waals surface area (Å²) in [4.78, 5) is 23.7. The van der Waals surface area contributed by atoms with Gasteiger partial charge in [0.15, 0.2) is 11.6 Å². The summed E-state index contributed by atoms with van der Waals surface area (Å²) in [5.41, 5.74) is 5.95. The molecule has 1 atom stereocenters. The molecule has 164 valence electrons. The first-order valence-corrected chi connectivity index (χ1v) is 10.9. The Balaban J connectivity index is 2.41. The Morgan fingerprint density at radius 1 is 0.900 bits per heavy atom. The fourth-order valence-corrected chi connectivity index (χ4v) is 3.19. The molecule has 0 spiro atoms. The molecular formula is C27H38O3. The van der Waals surface area contributed by atoms with Gasteiger partial charge in [0.2, 0.25) is 0 Å². The zero-order valence-electron chi connectivity index (χ0n) is 19.5. The minimum Gasteiger partial charge on any atom is -0.388 e. The highest BCUT2D eigenvalue weighted by Crippen LogP contribution is 2.18. The molecule has 0 heterocycles. The van der Waals surface area contributed by atoms with Gasteiger partial charge in [-0.15, -0.1) is 0 Å². The van der Waals surface area contributed by atoms with Gasteiger partial charge in [0.25, 0.3) is 0 Å². The second-order valence-electron chi connectivity index (χ2n) is 8.59. The summed E-state index contributed by atoms with van der Waals surface area (Å²) >= 11 is 0. The molecule has 3 nitrogen and oxygen atoms in total. The van der Waals surface area contributed by atoms with Gasteiger partial charge in [-0.25, -0.2) is 0 Å². The van der Waals surface area contributed by atoms with Crippen LogP contribution < -0.4 is 0 Å². The molecule has 0 radical (unpaired) electrons. The topological polar surface area (TPSA) is 54.4 Å². The average Bonchev–Trinajstić information content (AvgIpc) is 2.67. The summed E-state index contributed by atoms with van der Waals surface area (Å²) in [6, 6.07) is 0. The van der Waals surface area contributed by atoms with Gasteiger partial charge in [-0.05, 0) is 97.8 Å². The molecule has 3 heteroatoms. The van der Waals surface area contributed by atoms with Gasteiger partial charge < -0.3 is 5.11 Å². The van der Waals surface area contributed by atoms with E-state index >= 15 is 0 Å². The van der Waals surface area contributed by atoms with Crippen molar-refractivity contribution in [3.05, 3.63) is 69.9 Å². The molecule has 1 rings (SSSR count). The molecule has 0 aromatic rings. The maximum absolute atomic E-state index is 12.1. The fraction of sp³-hybridized carbons (Fsp3) is 0.481. The lowest BCUT2D eigenvalue weighted by Crippen LogP contribution is -2.12. The molecular weight excluding hydrogens is 372 g/mol. The number of aliphatic hydroxyl groups excluding tert-OH is 1. The Bertz CT molecular complexity index is 809. The van der Waals surface area contributed by atoms with Crippen LogP contribution in [-0.2, 0) is 9.59 Å². The van der Waals surface area contributed by atoms with E-state index in [1.807, 2.05) is 20.8 Å². The maximum atomic E-state index is 12.1. The van der Waals surface area contributed by atoms with Crippen LogP contribution in [0.4, 0.5) is 0 Å². The van der Waals surface area contributed by atoms with Crippen molar-refractivity contribution in [2.24, 2.45) is 0 Å². The standard InChI is InChI=1S/C27H38O3/c1-19(2)13-16-26(29)22(5)12-8-11-20(3)9-7-10-21(4)14-15-24-18-25(28)17-23(6)27(24)30/h9,12-14,17-18,26,29H,7-8,10-11,15-16H2,1-6H3. The number of carbonyl (C=O) groups excluding carboxylic acids is 2. The van der Waals surface area contributed by atoms with Gasteiger partial charge in [-0.3, -0.25) is 9.59 Å². The Hall–Kier alpha value is -2.26.